The molecule has 17 aliphatic carbocycles. The van der Waals surface area contributed by atoms with E-state index in [-0.39, 0.29) is 33.7 Å². The third-order valence-corrected chi connectivity index (χ3v) is 27.0. The Labute approximate surface area is 539 Å². The Kier molecular flexibility index (Phi) is 15.0. The number of hydrogen-bond donors (Lipinski definition) is 2. The van der Waals surface area contributed by atoms with Gasteiger partial charge in [-0.25, -0.2) is 0 Å². The highest BCUT2D eigenvalue weighted by Gasteiger charge is 2.56. The molecule has 0 unspecified atom stereocenters. The quantitative estimate of drug-likeness (QED) is 0.0908. The van der Waals surface area contributed by atoms with Crippen molar-refractivity contribution >= 4 is 11.8 Å². The zero-order valence-electron chi connectivity index (χ0n) is 55.5. The second-order valence-corrected chi connectivity index (χ2v) is 34.3. The van der Waals surface area contributed by atoms with Crippen LogP contribution in [-0.2, 0) is 36.5 Å². The minimum atomic E-state index is -0.132. The lowest BCUT2D eigenvalue weighted by atomic mass is 9.48. The summed E-state index contributed by atoms with van der Waals surface area (Å²) in [6.07, 6.45) is 36.3. The molecule has 0 spiro atoms. The van der Waals surface area contributed by atoms with Crippen molar-refractivity contribution in [3.63, 3.8) is 0 Å². The van der Waals surface area contributed by atoms with E-state index in [1.165, 1.54) is 149 Å². The van der Waals surface area contributed by atoms with Crippen LogP contribution < -0.4 is 29.6 Å². The number of rotatable bonds is 18. The standard InChI is InChI=1S/C82H106N2O6/c1-5-9-87-73-61-25-65-33-71(79-37-49-13-50(38-79)15-51(14-49)39-79)35-67(75(65)89-11-7-3)27-63-31-70(78(86)84-82-46-58-22-59(47-82)24-60(23-58)48-82)32-64(74(63)88-10-6-2)28-68-36-72(80-40-52-16-53(41-80)18-54(17-52)42-80)34-66(76(68)90-12-8-4)26-62(73)30-69(29-61)77(85)83-81-43-55-19-56(44-81)21-57(20-55)45-81/h29-36,49-60H,5-28,37-48H2,1-4H3,(H,83,85)(H,84,86). The zero-order valence-corrected chi connectivity index (χ0v) is 55.5. The molecule has 4 aromatic rings. The van der Waals surface area contributed by atoms with Gasteiger partial charge in [-0.15, -0.1) is 0 Å². The molecule has 4 aromatic carbocycles. The lowest BCUT2D eigenvalue weighted by Gasteiger charge is -2.57. The van der Waals surface area contributed by atoms with Gasteiger partial charge in [0.1, 0.15) is 23.0 Å². The molecule has 24 bridgehead atoms. The van der Waals surface area contributed by atoms with Crippen molar-refractivity contribution in [2.45, 2.75) is 255 Å². The van der Waals surface area contributed by atoms with Crippen LogP contribution in [0.2, 0.25) is 0 Å². The highest BCUT2D eigenvalue weighted by molar-refractivity contribution is 5.96. The summed E-state index contributed by atoms with van der Waals surface area (Å²) >= 11 is 0. The number of nitrogens with one attached hydrogen (secondary N) is 2. The summed E-state index contributed by atoms with van der Waals surface area (Å²) in [5, 5.41) is 7.77. The fraction of sp³-hybridized carbons (Fsp3) is 0.683. The first kappa shape index (κ1) is 58.8. The first-order valence-electron chi connectivity index (χ1n) is 37.6. The summed E-state index contributed by atoms with van der Waals surface area (Å²) in [6, 6.07) is 19.4. The predicted octanol–water partition coefficient (Wildman–Crippen LogP) is 17.9. The average Bonchev–Trinajstić information content (AvgIpc) is 0.757. The highest BCUT2D eigenvalue weighted by atomic mass is 16.5. The van der Waals surface area contributed by atoms with E-state index in [2.05, 4.69) is 86.9 Å². The van der Waals surface area contributed by atoms with E-state index in [0.717, 1.165) is 192 Å². The smallest absolute Gasteiger partial charge is 0.251 e. The van der Waals surface area contributed by atoms with E-state index in [1.54, 1.807) is 0 Å². The molecule has 0 saturated heterocycles. The Hall–Kier alpha value is -4.98. The summed E-state index contributed by atoms with van der Waals surface area (Å²) in [4.78, 5) is 31.5. The summed E-state index contributed by atoms with van der Waals surface area (Å²) < 4.78 is 29.3. The van der Waals surface area contributed by atoms with Crippen molar-refractivity contribution in [3.8, 4) is 23.0 Å². The number of amides is 2. The van der Waals surface area contributed by atoms with Crippen LogP contribution in [0.4, 0.5) is 0 Å². The monoisotopic (exact) mass is 1210 g/mol. The van der Waals surface area contributed by atoms with Gasteiger partial charge in [0.05, 0.1) is 26.4 Å². The number of ether oxygens (including phenoxy) is 4. The molecule has 17 aliphatic rings. The topological polar surface area (TPSA) is 95.1 Å². The van der Waals surface area contributed by atoms with Gasteiger partial charge < -0.3 is 29.6 Å². The van der Waals surface area contributed by atoms with Gasteiger partial charge in [0.25, 0.3) is 11.8 Å². The maximum absolute atomic E-state index is 15.8. The number of hydrogen-bond acceptors (Lipinski definition) is 6. The van der Waals surface area contributed by atoms with Crippen LogP contribution in [0, 0.1) is 71.0 Å². The van der Waals surface area contributed by atoms with Gasteiger partial charge in [-0.3, -0.25) is 9.59 Å². The minimum Gasteiger partial charge on any atom is -0.493 e. The van der Waals surface area contributed by atoms with Gasteiger partial charge in [-0.2, -0.15) is 0 Å². The minimum absolute atomic E-state index is 0.0768. The van der Waals surface area contributed by atoms with E-state index in [0.29, 0.717) is 52.1 Å². The molecule has 16 saturated carbocycles. The zero-order chi connectivity index (χ0) is 60.7. The molecule has 8 heteroatoms. The SMILES string of the molecule is CCCOc1c2cc(C(=O)NC34CC5CC(CC(C5)C3)C4)cc1Cc1cc(C34CC5CC(CC(C5)C3)C4)cc(c1OCCC)Cc1cc(C(=O)NC34CC5CC(CC(C5)C3)C4)cc(c1OCCC)Cc1cc(C34CC5CC(CC(C5)C3)C4)cc(c1OCCC)C2. The van der Waals surface area contributed by atoms with Gasteiger partial charge in [-0.05, 0) is 342 Å². The van der Waals surface area contributed by atoms with Crippen molar-refractivity contribution in [3.05, 3.63) is 115 Å². The molecule has 0 atom stereocenters. The van der Waals surface area contributed by atoms with Crippen LogP contribution in [0.1, 0.15) is 284 Å². The number of benzene rings is 4. The highest BCUT2D eigenvalue weighted by Crippen LogP contribution is 2.64. The van der Waals surface area contributed by atoms with Crippen molar-refractivity contribution in [1.82, 2.24) is 10.6 Å². The molecular formula is C82H106N2O6. The molecule has 2 N–H and O–H groups in total. The molecule has 0 aliphatic heterocycles. The van der Waals surface area contributed by atoms with Crippen LogP contribution in [0.3, 0.4) is 0 Å². The van der Waals surface area contributed by atoms with Crippen LogP contribution >= 0.6 is 0 Å². The van der Waals surface area contributed by atoms with Crippen molar-refractivity contribution in [1.29, 1.82) is 0 Å². The maximum Gasteiger partial charge on any atom is 0.251 e. The van der Waals surface area contributed by atoms with Crippen LogP contribution in [0.25, 0.3) is 0 Å². The first-order chi connectivity index (χ1) is 43.8. The molecule has 0 radical (unpaired) electrons. The molecule has 480 valence electrons. The summed E-state index contributed by atoms with van der Waals surface area (Å²) in [7, 11) is 0. The molecule has 16 fully saturated rings. The van der Waals surface area contributed by atoms with Crippen molar-refractivity contribution in [2.75, 3.05) is 26.4 Å². The van der Waals surface area contributed by atoms with Gasteiger partial charge in [0, 0.05) is 47.9 Å². The summed E-state index contributed by atoms with van der Waals surface area (Å²) in [5.74, 6) is 12.9. The Morgan fingerprint density at radius 1 is 0.322 bits per heavy atom. The normalized spacial score (nSPS) is 36.5. The summed E-state index contributed by atoms with van der Waals surface area (Å²) in [6.45, 7) is 11.3. The fourth-order valence-corrected chi connectivity index (χ4v) is 25.4. The lowest BCUT2D eigenvalue weighted by molar-refractivity contribution is -0.0171. The van der Waals surface area contributed by atoms with Crippen molar-refractivity contribution < 1.29 is 28.5 Å². The van der Waals surface area contributed by atoms with Crippen LogP contribution in [0.5, 0.6) is 23.0 Å². The van der Waals surface area contributed by atoms with E-state index in [9.17, 15) is 0 Å². The molecule has 21 rings (SSSR count). The number of carbonyl (C=O) groups is 2. The Morgan fingerprint density at radius 3 is 0.733 bits per heavy atom. The second-order valence-electron chi connectivity index (χ2n) is 34.3. The van der Waals surface area contributed by atoms with E-state index < -0.39 is 0 Å². The Morgan fingerprint density at radius 2 is 0.522 bits per heavy atom. The van der Waals surface area contributed by atoms with Gasteiger partial charge >= 0.3 is 0 Å². The molecule has 2 amide bonds. The van der Waals surface area contributed by atoms with E-state index in [1.807, 2.05) is 0 Å². The first-order valence-corrected chi connectivity index (χ1v) is 37.6. The second kappa shape index (κ2) is 22.9. The summed E-state index contributed by atoms with van der Waals surface area (Å²) in [5.41, 5.74) is 13.5. The molecule has 90 heavy (non-hydrogen) atoms. The van der Waals surface area contributed by atoms with Crippen molar-refractivity contribution in [2.24, 2.45) is 71.0 Å². The maximum atomic E-state index is 15.8. The third-order valence-electron chi connectivity index (χ3n) is 27.0. The third kappa shape index (κ3) is 10.6. The number of fused-ring (bicyclic) bond motifs is 8. The van der Waals surface area contributed by atoms with E-state index >= 15 is 9.59 Å². The Bertz CT molecular complexity index is 3000. The Balaban J connectivity index is 0.891. The lowest BCUT2D eigenvalue weighted by Crippen LogP contribution is -2.59. The molecule has 0 aromatic heterocycles. The van der Waals surface area contributed by atoms with E-state index in [4.69, 9.17) is 18.9 Å². The van der Waals surface area contributed by atoms with Gasteiger partial charge in [0.15, 0.2) is 0 Å². The molecular weight excluding hydrogens is 1110 g/mol. The average molecular weight is 1220 g/mol. The fourth-order valence-electron chi connectivity index (χ4n) is 25.4. The molecule has 0 heterocycles. The number of carbonyl (C=O) groups excluding carboxylic acids is 2. The van der Waals surface area contributed by atoms with Crippen LogP contribution in [0.15, 0.2) is 48.5 Å². The predicted molar refractivity (Wildman–Crippen MR) is 357 cm³/mol. The molecule has 8 nitrogen and oxygen atoms in total. The van der Waals surface area contributed by atoms with Crippen LogP contribution in [-0.4, -0.2) is 49.3 Å². The largest absolute Gasteiger partial charge is 0.493 e. The van der Waals surface area contributed by atoms with Gasteiger partial charge in [0.2, 0.25) is 0 Å². The van der Waals surface area contributed by atoms with Gasteiger partial charge in [-0.1, -0.05) is 52.0 Å².